The van der Waals surface area contributed by atoms with Gasteiger partial charge in [0, 0.05) is 19.6 Å². The molecular formula is C15H20F3N3O3S. The number of likely N-dealkylation sites (N-methyl/N-ethyl adjacent to an activating group) is 1. The van der Waals surface area contributed by atoms with Crippen molar-refractivity contribution in [2.75, 3.05) is 31.5 Å². The van der Waals surface area contributed by atoms with E-state index in [2.05, 4.69) is 5.32 Å². The highest BCUT2D eigenvalue weighted by molar-refractivity contribution is 7.86. The van der Waals surface area contributed by atoms with Crippen LogP contribution >= 0.6 is 0 Å². The fourth-order valence-electron chi connectivity index (χ4n) is 2.63. The van der Waals surface area contributed by atoms with E-state index in [9.17, 15) is 26.4 Å². The Labute approximate surface area is 144 Å². The van der Waals surface area contributed by atoms with Crippen LogP contribution in [0.25, 0.3) is 0 Å². The van der Waals surface area contributed by atoms with Crippen molar-refractivity contribution in [3.63, 3.8) is 0 Å². The highest BCUT2D eigenvalue weighted by atomic mass is 32.2. The van der Waals surface area contributed by atoms with Gasteiger partial charge in [-0.2, -0.15) is 30.2 Å². The number of nitrogens with one attached hydrogen (secondary N) is 1. The fourth-order valence-corrected chi connectivity index (χ4v) is 4.28. The Balaban J connectivity index is 2.11. The number of hydrogen-bond donors (Lipinski definition) is 1. The molecule has 25 heavy (non-hydrogen) atoms. The van der Waals surface area contributed by atoms with Crippen LogP contribution in [0.3, 0.4) is 0 Å². The number of halogens is 3. The lowest BCUT2D eigenvalue weighted by molar-refractivity contribution is -0.137. The Morgan fingerprint density at radius 1 is 1.24 bits per heavy atom. The predicted molar refractivity (Wildman–Crippen MR) is 87.0 cm³/mol. The van der Waals surface area contributed by atoms with Crippen LogP contribution < -0.4 is 5.32 Å². The molecule has 1 aromatic rings. The number of para-hydroxylation sites is 1. The van der Waals surface area contributed by atoms with Gasteiger partial charge < -0.3 is 5.32 Å². The van der Waals surface area contributed by atoms with Gasteiger partial charge in [-0.1, -0.05) is 19.1 Å². The second-order valence-corrected chi connectivity index (χ2v) is 7.56. The summed E-state index contributed by atoms with van der Waals surface area (Å²) in [4.78, 5) is 12.1. The number of nitrogens with zero attached hydrogens (tertiary/aromatic N) is 2. The Bertz CT molecular complexity index is 716. The lowest BCUT2D eigenvalue weighted by Crippen LogP contribution is -2.45. The van der Waals surface area contributed by atoms with Crippen molar-refractivity contribution in [2.24, 2.45) is 0 Å². The molecule has 1 fully saturated rings. The summed E-state index contributed by atoms with van der Waals surface area (Å²) in [5.74, 6) is -0.818. The second-order valence-electron chi connectivity index (χ2n) is 5.63. The minimum atomic E-state index is -4.62. The molecule has 1 amide bonds. The number of carbonyl (C=O) groups is 1. The number of anilines is 1. The quantitative estimate of drug-likeness (QED) is 0.825. The van der Waals surface area contributed by atoms with E-state index in [1.807, 2.05) is 0 Å². The third-order valence-corrected chi connectivity index (χ3v) is 5.95. The van der Waals surface area contributed by atoms with Gasteiger partial charge in [-0.25, -0.2) is 0 Å². The first-order chi connectivity index (χ1) is 11.7. The molecule has 0 spiro atoms. The van der Waals surface area contributed by atoms with Crippen molar-refractivity contribution >= 4 is 21.8 Å². The minimum absolute atomic E-state index is 0.0488. The largest absolute Gasteiger partial charge is 0.418 e. The summed E-state index contributed by atoms with van der Waals surface area (Å²) in [5, 5.41) is 2.16. The van der Waals surface area contributed by atoms with Crippen molar-refractivity contribution in [2.45, 2.75) is 25.9 Å². The molecule has 0 bridgehead atoms. The van der Waals surface area contributed by atoms with Crippen molar-refractivity contribution in [1.29, 1.82) is 0 Å². The summed E-state index contributed by atoms with van der Waals surface area (Å²) in [6.07, 6.45) is -3.11. The molecule has 0 saturated carbocycles. The summed E-state index contributed by atoms with van der Waals surface area (Å²) in [7, 11) is -3.79. The Morgan fingerprint density at radius 3 is 2.40 bits per heavy atom. The van der Waals surface area contributed by atoms with E-state index < -0.39 is 40.1 Å². The molecular weight excluding hydrogens is 359 g/mol. The van der Waals surface area contributed by atoms with E-state index in [4.69, 9.17) is 0 Å². The van der Waals surface area contributed by atoms with Crippen LogP contribution in [-0.2, 0) is 21.2 Å². The van der Waals surface area contributed by atoms with Crippen molar-refractivity contribution in [1.82, 2.24) is 8.61 Å². The number of benzene rings is 1. The van der Waals surface area contributed by atoms with Crippen molar-refractivity contribution < 1.29 is 26.4 Å². The first-order valence-electron chi connectivity index (χ1n) is 7.87. The fraction of sp³-hybridized carbons (Fsp3) is 0.533. The average Bonchev–Trinajstić information content (AvgIpc) is 3.07. The van der Waals surface area contributed by atoms with E-state index in [0.717, 1.165) is 29.3 Å². The molecule has 0 radical (unpaired) electrons. The Hall–Kier alpha value is -1.65. The summed E-state index contributed by atoms with van der Waals surface area (Å²) in [5.41, 5.74) is -1.37. The van der Waals surface area contributed by atoms with Crippen LogP contribution in [0.4, 0.5) is 18.9 Å². The maximum Gasteiger partial charge on any atom is 0.418 e. The van der Waals surface area contributed by atoms with E-state index >= 15 is 0 Å². The first-order valence-corrected chi connectivity index (χ1v) is 9.27. The number of amides is 1. The third-order valence-electron chi connectivity index (χ3n) is 3.90. The number of alkyl halides is 3. The van der Waals surface area contributed by atoms with Gasteiger partial charge in [0.05, 0.1) is 17.8 Å². The van der Waals surface area contributed by atoms with Crippen LogP contribution in [0.15, 0.2) is 24.3 Å². The summed E-state index contributed by atoms with van der Waals surface area (Å²) in [6, 6.07) is 4.57. The number of rotatable bonds is 6. The lowest BCUT2D eigenvalue weighted by atomic mass is 10.1. The molecule has 10 heteroatoms. The van der Waals surface area contributed by atoms with Gasteiger partial charge in [0.2, 0.25) is 5.91 Å². The van der Waals surface area contributed by atoms with E-state index in [1.165, 1.54) is 16.4 Å². The zero-order valence-corrected chi connectivity index (χ0v) is 14.5. The van der Waals surface area contributed by atoms with Crippen LogP contribution in [0, 0.1) is 0 Å². The topological polar surface area (TPSA) is 69.7 Å². The van der Waals surface area contributed by atoms with Gasteiger partial charge >= 0.3 is 6.18 Å². The molecule has 0 unspecified atom stereocenters. The van der Waals surface area contributed by atoms with Gasteiger partial charge in [-0.05, 0) is 25.0 Å². The standard InChI is InChI=1S/C15H20F3N3O3S/c1-2-20(25(23,24)21-9-5-6-10-21)11-14(22)19-13-8-4-3-7-12(13)15(16,17)18/h3-4,7-8H,2,5-6,9-11H2,1H3,(H,19,22). The monoisotopic (exact) mass is 379 g/mol. The lowest BCUT2D eigenvalue weighted by Gasteiger charge is -2.25. The molecule has 2 rings (SSSR count). The molecule has 1 N–H and O–H groups in total. The van der Waals surface area contributed by atoms with Crippen LogP contribution in [0.2, 0.25) is 0 Å². The summed E-state index contributed by atoms with van der Waals surface area (Å²) in [6.45, 7) is 1.86. The van der Waals surface area contributed by atoms with Crippen molar-refractivity contribution in [3.05, 3.63) is 29.8 Å². The van der Waals surface area contributed by atoms with E-state index in [0.29, 0.717) is 13.1 Å². The smallest absolute Gasteiger partial charge is 0.324 e. The van der Waals surface area contributed by atoms with Gasteiger partial charge in [-0.3, -0.25) is 4.79 Å². The average molecular weight is 379 g/mol. The Kier molecular flexibility index (Phi) is 6.07. The number of hydrogen-bond acceptors (Lipinski definition) is 3. The van der Waals surface area contributed by atoms with Crippen LogP contribution in [0.1, 0.15) is 25.3 Å². The first kappa shape index (κ1) is 19.7. The minimum Gasteiger partial charge on any atom is -0.324 e. The van der Waals surface area contributed by atoms with Crippen LogP contribution in [0.5, 0.6) is 0 Å². The summed E-state index contributed by atoms with van der Waals surface area (Å²) < 4.78 is 66.1. The third kappa shape index (κ3) is 4.71. The maximum absolute atomic E-state index is 13.0. The Morgan fingerprint density at radius 2 is 1.84 bits per heavy atom. The molecule has 0 aliphatic carbocycles. The molecule has 1 aliphatic heterocycles. The SMILES string of the molecule is CCN(CC(=O)Nc1ccccc1C(F)(F)F)S(=O)(=O)N1CCCC1. The van der Waals surface area contributed by atoms with Gasteiger partial charge in [0.1, 0.15) is 0 Å². The molecule has 0 atom stereocenters. The molecule has 1 aromatic carbocycles. The van der Waals surface area contributed by atoms with E-state index in [1.54, 1.807) is 6.92 Å². The summed E-state index contributed by atoms with van der Waals surface area (Å²) >= 11 is 0. The van der Waals surface area contributed by atoms with Crippen LogP contribution in [-0.4, -0.2) is 49.1 Å². The molecule has 1 aliphatic rings. The molecule has 140 valence electrons. The van der Waals surface area contributed by atoms with Gasteiger partial charge in [0.25, 0.3) is 10.2 Å². The molecule has 1 saturated heterocycles. The molecule has 0 aromatic heterocycles. The second kappa shape index (κ2) is 7.71. The zero-order chi connectivity index (χ0) is 18.7. The molecule has 1 heterocycles. The highest BCUT2D eigenvalue weighted by Gasteiger charge is 2.35. The highest BCUT2D eigenvalue weighted by Crippen LogP contribution is 2.34. The molecule has 6 nitrogen and oxygen atoms in total. The normalized spacial score (nSPS) is 16.4. The van der Waals surface area contributed by atoms with Gasteiger partial charge in [-0.15, -0.1) is 0 Å². The number of carbonyl (C=O) groups excluding carboxylic acids is 1. The zero-order valence-electron chi connectivity index (χ0n) is 13.7. The van der Waals surface area contributed by atoms with E-state index in [-0.39, 0.29) is 6.54 Å². The van der Waals surface area contributed by atoms with Crippen molar-refractivity contribution in [3.8, 4) is 0 Å². The maximum atomic E-state index is 13.0. The predicted octanol–water partition coefficient (Wildman–Crippen LogP) is 2.31. The van der Waals surface area contributed by atoms with Gasteiger partial charge in [0.15, 0.2) is 0 Å².